The quantitative estimate of drug-likeness (QED) is 0.837. The molecule has 0 saturated heterocycles. The Morgan fingerprint density at radius 1 is 1.33 bits per heavy atom. The molecule has 1 atom stereocenters. The number of allylic oxidation sites excluding steroid dienone is 2. The summed E-state index contributed by atoms with van der Waals surface area (Å²) in [4.78, 5) is 14.5. The van der Waals surface area contributed by atoms with Gasteiger partial charge in [-0.15, -0.1) is 0 Å². The molecule has 0 aliphatic carbocycles. The van der Waals surface area contributed by atoms with Crippen LogP contribution in [-0.2, 0) is 4.79 Å². The van der Waals surface area contributed by atoms with Crippen molar-refractivity contribution < 1.29 is 4.79 Å². The van der Waals surface area contributed by atoms with Crippen molar-refractivity contribution in [2.75, 3.05) is 25.0 Å². The second-order valence-electron chi connectivity index (χ2n) is 6.50. The number of aryl methyl sites for hydroxylation is 1. The van der Waals surface area contributed by atoms with E-state index >= 15 is 0 Å². The van der Waals surface area contributed by atoms with Gasteiger partial charge in [-0.05, 0) is 55.3 Å². The smallest absolute Gasteiger partial charge is 0.238 e. The lowest BCUT2D eigenvalue weighted by molar-refractivity contribution is -0.117. The zero-order valence-corrected chi connectivity index (χ0v) is 14.4. The Balaban J connectivity index is 1.53. The predicted octanol–water partition coefficient (Wildman–Crippen LogP) is 3.00. The molecule has 0 bridgehead atoms. The van der Waals surface area contributed by atoms with Crippen LogP contribution in [0, 0.1) is 6.92 Å². The van der Waals surface area contributed by atoms with Crippen LogP contribution in [0.2, 0.25) is 0 Å². The summed E-state index contributed by atoms with van der Waals surface area (Å²) in [6.07, 6.45) is 9.45. The fourth-order valence-electron chi connectivity index (χ4n) is 3.22. The molecule has 2 N–H and O–H groups in total. The molecule has 4 heteroatoms. The molecule has 126 valence electrons. The first-order valence-corrected chi connectivity index (χ1v) is 8.49. The molecule has 1 aromatic carbocycles. The van der Waals surface area contributed by atoms with Gasteiger partial charge >= 0.3 is 0 Å². The number of hydrogen-bond acceptors (Lipinski definition) is 3. The average Bonchev–Trinajstić information content (AvgIpc) is 2.58. The first kappa shape index (κ1) is 16.5. The first-order valence-electron chi connectivity index (χ1n) is 8.49. The number of nitrogens with one attached hydrogen (secondary N) is 2. The Morgan fingerprint density at radius 2 is 2.17 bits per heavy atom. The van der Waals surface area contributed by atoms with Crippen LogP contribution in [0.3, 0.4) is 0 Å². The Kier molecular flexibility index (Phi) is 5.16. The maximum Gasteiger partial charge on any atom is 0.238 e. The number of benzene rings is 1. The molecule has 1 unspecified atom stereocenters. The Hall–Kier alpha value is -2.33. The van der Waals surface area contributed by atoms with Gasteiger partial charge in [0, 0.05) is 18.8 Å². The van der Waals surface area contributed by atoms with Crippen molar-refractivity contribution in [1.29, 1.82) is 0 Å². The number of hydrogen-bond donors (Lipinski definition) is 2. The highest BCUT2D eigenvalue weighted by Crippen LogP contribution is 2.21. The molecule has 0 aromatic heterocycles. The highest BCUT2D eigenvalue weighted by atomic mass is 16.2. The van der Waals surface area contributed by atoms with Crippen LogP contribution in [0.25, 0.3) is 0 Å². The molecule has 2 aliphatic heterocycles. The first-order chi connectivity index (χ1) is 11.6. The fourth-order valence-corrected chi connectivity index (χ4v) is 3.22. The number of nitrogens with zero attached hydrogens (tertiary/aromatic N) is 1. The van der Waals surface area contributed by atoms with Crippen LogP contribution >= 0.6 is 0 Å². The molecule has 2 heterocycles. The van der Waals surface area contributed by atoms with Gasteiger partial charge < -0.3 is 10.6 Å². The lowest BCUT2D eigenvalue weighted by Gasteiger charge is -2.31. The summed E-state index contributed by atoms with van der Waals surface area (Å²) in [6, 6.07) is 8.19. The molecule has 24 heavy (non-hydrogen) atoms. The van der Waals surface area contributed by atoms with Gasteiger partial charge in [0.15, 0.2) is 0 Å². The highest BCUT2D eigenvalue weighted by molar-refractivity contribution is 5.92. The van der Waals surface area contributed by atoms with Crippen LogP contribution in [0.4, 0.5) is 5.69 Å². The number of dihydropyridines is 1. The number of anilines is 1. The van der Waals surface area contributed by atoms with Gasteiger partial charge in [-0.25, -0.2) is 0 Å². The Morgan fingerprint density at radius 3 is 2.88 bits per heavy atom. The predicted molar refractivity (Wildman–Crippen MR) is 98.8 cm³/mol. The second kappa shape index (κ2) is 7.49. The number of amides is 1. The Labute approximate surface area is 143 Å². The number of para-hydroxylation sites is 1. The van der Waals surface area contributed by atoms with Gasteiger partial charge in [-0.2, -0.15) is 0 Å². The van der Waals surface area contributed by atoms with Crippen molar-refractivity contribution >= 4 is 11.6 Å². The average molecular weight is 323 g/mol. The molecule has 0 saturated carbocycles. The van der Waals surface area contributed by atoms with Crippen LogP contribution in [0.15, 0.2) is 59.8 Å². The minimum atomic E-state index is 0.0518. The van der Waals surface area contributed by atoms with E-state index in [1.54, 1.807) is 0 Å². The van der Waals surface area contributed by atoms with Gasteiger partial charge in [-0.1, -0.05) is 30.4 Å². The van der Waals surface area contributed by atoms with Crippen molar-refractivity contribution in [3.8, 4) is 0 Å². The fraction of sp³-hybridized carbons (Fsp3) is 0.350. The van der Waals surface area contributed by atoms with Crippen molar-refractivity contribution in [1.82, 2.24) is 10.2 Å². The van der Waals surface area contributed by atoms with E-state index in [0.717, 1.165) is 30.8 Å². The molecule has 2 aliphatic rings. The second-order valence-corrected chi connectivity index (χ2v) is 6.50. The van der Waals surface area contributed by atoms with Gasteiger partial charge in [0.05, 0.1) is 12.6 Å². The number of carbonyl (C=O) groups is 1. The van der Waals surface area contributed by atoms with Gasteiger partial charge in [0.1, 0.15) is 0 Å². The van der Waals surface area contributed by atoms with Crippen LogP contribution in [0.1, 0.15) is 18.9 Å². The summed E-state index contributed by atoms with van der Waals surface area (Å²) in [5.74, 6) is 0.0518. The molecule has 1 aromatic rings. The van der Waals surface area contributed by atoms with Gasteiger partial charge in [0.25, 0.3) is 0 Å². The third-order valence-electron chi connectivity index (χ3n) is 4.66. The summed E-state index contributed by atoms with van der Waals surface area (Å²) in [7, 11) is 0. The zero-order chi connectivity index (χ0) is 16.9. The third-order valence-corrected chi connectivity index (χ3v) is 4.66. The minimum absolute atomic E-state index is 0.0518. The maximum absolute atomic E-state index is 12.3. The summed E-state index contributed by atoms with van der Waals surface area (Å²) >= 11 is 0. The summed E-state index contributed by atoms with van der Waals surface area (Å²) in [5.41, 5.74) is 4.75. The van der Waals surface area contributed by atoms with Crippen molar-refractivity contribution in [3.05, 3.63) is 65.4 Å². The van der Waals surface area contributed by atoms with E-state index in [0.29, 0.717) is 12.6 Å². The van der Waals surface area contributed by atoms with Crippen molar-refractivity contribution in [2.45, 2.75) is 26.3 Å². The van der Waals surface area contributed by atoms with Gasteiger partial charge in [0.2, 0.25) is 5.91 Å². The maximum atomic E-state index is 12.3. The van der Waals surface area contributed by atoms with E-state index < -0.39 is 0 Å². The van der Waals surface area contributed by atoms with E-state index in [1.807, 2.05) is 43.5 Å². The number of rotatable bonds is 4. The third kappa shape index (κ3) is 3.95. The van der Waals surface area contributed by atoms with E-state index in [1.165, 1.54) is 11.1 Å². The summed E-state index contributed by atoms with van der Waals surface area (Å²) < 4.78 is 0. The van der Waals surface area contributed by atoms with E-state index in [-0.39, 0.29) is 5.91 Å². The van der Waals surface area contributed by atoms with E-state index in [4.69, 9.17) is 0 Å². The molecule has 0 fully saturated rings. The molecule has 0 radical (unpaired) electrons. The molecule has 0 spiro atoms. The lowest BCUT2D eigenvalue weighted by atomic mass is 9.93. The van der Waals surface area contributed by atoms with Crippen LogP contribution in [0.5, 0.6) is 0 Å². The molecular formula is C20H25N3O. The molecule has 4 nitrogen and oxygen atoms in total. The van der Waals surface area contributed by atoms with Crippen LogP contribution < -0.4 is 10.6 Å². The van der Waals surface area contributed by atoms with Crippen molar-refractivity contribution in [2.24, 2.45) is 0 Å². The zero-order valence-electron chi connectivity index (χ0n) is 14.4. The standard InChI is InChI=1S/C20H25N3O/c1-15-6-3-4-8-18(15)22-19(24)14-23-12-9-17(10-13-23)20-16(2)7-5-11-21-20/h3-9,11,20-21H,10,12-14H2,1-2H3,(H,22,24). The van der Waals surface area contributed by atoms with Crippen LogP contribution in [-0.4, -0.2) is 36.5 Å². The Bertz CT molecular complexity index is 703. The van der Waals surface area contributed by atoms with E-state index in [2.05, 4.69) is 34.6 Å². The summed E-state index contributed by atoms with van der Waals surface area (Å²) in [6.45, 7) is 6.34. The topological polar surface area (TPSA) is 44.4 Å². The highest BCUT2D eigenvalue weighted by Gasteiger charge is 2.21. The molecule has 3 rings (SSSR count). The molecular weight excluding hydrogens is 298 g/mol. The van der Waals surface area contributed by atoms with E-state index in [9.17, 15) is 4.79 Å². The number of carbonyl (C=O) groups excluding carboxylic acids is 1. The lowest BCUT2D eigenvalue weighted by Crippen LogP contribution is -2.39. The van der Waals surface area contributed by atoms with Gasteiger partial charge in [-0.3, -0.25) is 9.69 Å². The molecule has 1 amide bonds. The van der Waals surface area contributed by atoms with Crippen molar-refractivity contribution in [3.63, 3.8) is 0 Å². The largest absolute Gasteiger partial charge is 0.381 e. The monoisotopic (exact) mass is 323 g/mol. The summed E-state index contributed by atoms with van der Waals surface area (Å²) in [5, 5.41) is 6.43. The minimum Gasteiger partial charge on any atom is -0.381 e. The normalized spacial score (nSPS) is 20.8. The SMILES string of the molecule is CC1=CC=CNC1C1=CCN(CC(=O)Nc2ccccc2C)CC1.